The number of ether oxygens (including phenoxy) is 2. The van der Waals surface area contributed by atoms with Gasteiger partial charge in [-0.2, -0.15) is 17.9 Å². The Morgan fingerprint density at radius 1 is 1.22 bits per heavy atom. The molecular weight excluding hydrogens is 633 g/mol. The quantitative estimate of drug-likeness (QED) is 0.0673. The first-order valence-corrected chi connectivity index (χ1v) is 13.4. The molecule has 0 radical (unpaired) electrons. The van der Waals surface area contributed by atoms with Crippen LogP contribution in [-0.4, -0.2) is 51.7 Å². The van der Waals surface area contributed by atoms with Crippen molar-refractivity contribution >= 4 is 66.8 Å². The third-order valence-electron chi connectivity index (χ3n) is 4.10. The zero-order valence-corrected chi connectivity index (χ0v) is 22.4. The number of halogens is 5. The van der Waals surface area contributed by atoms with E-state index in [9.17, 15) is 31.2 Å². The van der Waals surface area contributed by atoms with E-state index in [0.717, 1.165) is 6.07 Å². The SMILES string of the molecule is N=C(N)NOCCCOc1ccc(C[C@H](NS(=O)(=O)c2cc(Br)c(Cl)s2)C(=O)OC(=O)C(F)(F)F)cc1. The number of hydrogen-bond acceptors (Lipinski definition) is 9. The molecule has 0 aliphatic heterocycles. The summed E-state index contributed by atoms with van der Waals surface area (Å²) in [5.41, 5.74) is 7.53. The lowest BCUT2D eigenvalue weighted by Gasteiger charge is -2.17. The van der Waals surface area contributed by atoms with Crippen LogP contribution in [0.4, 0.5) is 13.2 Å². The van der Waals surface area contributed by atoms with E-state index in [-0.39, 0.29) is 32.2 Å². The standard InChI is InChI=1S/C19H19BrClF3N4O7S2/c20-12-9-14(36-15(12)21)37(31,32)28-13(16(29)35-17(30)19(22,23)24)8-10-2-4-11(5-3-10)33-6-1-7-34-27-18(25)26/h2-5,9,13,28H,1,6-8H2,(H4,25,26,27)/t13-/m0/s1. The maximum absolute atomic E-state index is 12.7. The van der Waals surface area contributed by atoms with Gasteiger partial charge in [0.05, 0.1) is 13.2 Å². The molecule has 0 aliphatic rings. The molecule has 0 amide bonds. The Hall–Kier alpha value is -2.44. The number of hydroxylamine groups is 1. The second-order valence-electron chi connectivity index (χ2n) is 6.98. The van der Waals surface area contributed by atoms with Gasteiger partial charge in [0.1, 0.15) is 20.3 Å². The molecule has 1 aromatic heterocycles. The summed E-state index contributed by atoms with van der Waals surface area (Å²) in [4.78, 5) is 28.4. The van der Waals surface area contributed by atoms with Crippen molar-refractivity contribution in [2.75, 3.05) is 13.2 Å². The van der Waals surface area contributed by atoms with Crippen LogP contribution in [0.2, 0.25) is 4.34 Å². The van der Waals surface area contributed by atoms with Crippen molar-refractivity contribution in [2.45, 2.75) is 29.3 Å². The summed E-state index contributed by atoms with van der Waals surface area (Å²) in [7, 11) is -4.43. The first-order valence-electron chi connectivity index (χ1n) is 9.92. The van der Waals surface area contributed by atoms with Crippen molar-refractivity contribution < 1.29 is 45.5 Å². The lowest BCUT2D eigenvalue weighted by molar-refractivity contribution is -0.202. The number of rotatable bonds is 12. The molecule has 0 spiro atoms. The average Bonchev–Trinajstić information content (AvgIpc) is 3.15. The van der Waals surface area contributed by atoms with Gasteiger partial charge in [0.2, 0.25) is 5.96 Å². The summed E-state index contributed by atoms with van der Waals surface area (Å²) in [6.45, 7) is 0.427. The van der Waals surface area contributed by atoms with Gasteiger partial charge in [-0.15, -0.1) is 11.3 Å². The Labute approximate surface area is 226 Å². The number of benzene rings is 1. The monoisotopic (exact) mass is 650 g/mol. The highest BCUT2D eigenvalue weighted by Gasteiger charge is 2.44. The number of guanidine groups is 1. The van der Waals surface area contributed by atoms with Crippen molar-refractivity contribution in [3.05, 3.63) is 44.7 Å². The smallest absolute Gasteiger partial charge is 0.491 e. The fraction of sp³-hybridized carbons (Fsp3) is 0.316. The van der Waals surface area contributed by atoms with Crippen molar-refractivity contribution in [3.8, 4) is 5.75 Å². The number of nitrogens with one attached hydrogen (secondary N) is 3. The molecule has 18 heteroatoms. The van der Waals surface area contributed by atoms with Crippen LogP contribution in [0.25, 0.3) is 0 Å². The minimum Gasteiger partial charge on any atom is -0.494 e. The average molecular weight is 652 g/mol. The summed E-state index contributed by atoms with van der Waals surface area (Å²) in [6, 6.07) is 5.12. The van der Waals surface area contributed by atoms with E-state index in [1.807, 2.05) is 4.72 Å². The van der Waals surface area contributed by atoms with Gasteiger partial charge in [-0.25, -0.2) is 23.5 Å². The zero-order valence-electron chi connectivity index (χ0n) is 18.4. The highest BCUT2D eigenvalue weighted by molar-refractivity contribution is 9.10. The van der Waals surface area contributed by atoms with Gasteiger partial charge in [-0.1, -0.05) is 23.7 Å². The van der Waals surface area contributed by atoms with Crippen LogP contribution >= 0.6 is 38.9 Å². The van der Waals surface area contributed by atoms with Crippen LogP contribution < -0.4 is 20.7 Å². The second kappa shape index (κ2) is 13.4. The Bertz CT molecular complexity index is 1210. The largest absolute Gasteiger partial charge is 0.494 e. The maximum Gasteiger partial charge on any atom is 0.491 e. The number of alkyl halides is 3. The fourth-order valence-electron chi connectivity index (χ4n) is 2.51. The third kappa shape index (κ3) is 10.1. The molecule has 37 heavy (non-hydrogen) atoms. The molecule has 0 bridgehead atoms. The second-order valence-corrected chi connectivity index (χ2v) is 11.4. The Balaban J connectivity index is 2.11. The van der Waals surface area contributed by atoms with Crippen LogP contribution in [0.1, 0.15) is 12.0 Å². The molecule has 1 atom stereocenters. The van der Waals surface area contributed by atoms with Gasteiger partial charge in [-0.05, 0) is 46.1 Å². The zero-order chi connectivity index (χ0) is 27.8. The van der Waals surface area contributed by atoms with E-state index in [4.69, 9.17) is 32.3 Å². The number of carbonyl (C=O) groups excluding carboxylic acids is 2. The maximum atomic E-state index is 12.7. The minimum absolute atomic E-state index is 0.0871. The van der Waals surface area contributed by atoms with E-state index in [1.54, 1.807) is 0 Å². The lowest BCUT2D eigenvalue weighted by atomic mass is 10.1. The molecule has 0 unspecified atom stereocenters. The van der Waals surface area contributed by atoms with Crippen LogP contribution in [0.15, 0.2) is 39.0 Å². The topological polar surface area (TPSA) is 170 Å². The highest BCUT2D eigenvalue weighted by Crippen LogP contribution is 2.34. The summed E-state index contributed by atoms with van der Waals surface area (Å²) in [6.07, 6.45) is -5.47. The number of hydrogen-bond donors (Lipinski definition) is 4. The van der Waals surface area contributed by atoms with E-state index in [2.05, 4.69) is 26.1 Å². The van der Waals surface area contributed by atoms with Gasteiger partial charge < -0.3 is 15.2 Å². The molecule has 0 aliphatic carbocycles. The van der Waals surface area contributed by atoms with E-state index in [0.29, 0.717) is 29.1 Å². The Morgan fingerprint density at radius 2 is 1.86 bits per heavy atom. The molecule has 0 fully saturated rings. The summed E-state index contributed by atoms with van der Waals surface area (Å²) >= 11 is 9.54. The third-order valence-corrected chi connectivity index (χ3v) is 8.52. The Kier molecular flexibility index (Phi) is 11.1. The van der Waals surface area contributed by atoms with Crippen molar-refractivity contribution in [1.82, 2.24) is 10.2 Å². The molecule has 5 N–H and O–H groups in total. The van der Waals surface area contributed by atoms with Gasteiger partial charge in [0.25, 0.3) is 10.0 Å². The number of carbonyl (C=O) groups is 2. The van der Waals surface area contributed by atoms with Crippen LogP contribution in [0, 0.1) is 5.41 Å². The molecule has 204 valence electrons. The summed E-state index contributed by atoms with van der Waals surface area (Å²) in [5.74, 6) is -4.48. The number of nitrogens with two attached hydrogens (primary N) is 1. The number of thiophene rings is 1. The van der Waals surface area contributed by atoms with E-state index >= 15 is 0 Å². The van der Waals surface area contributed by atoms with Gasteiger partial charge in [-0.3, -0.25) is 10.2 Å². The fourth-order valence-corrected chi connectivity index (χ4v) is 6.01. The van der Waals surface area contributed by atoms with E-state index < -0.39 is 40.6 Å². The first-order chi connectivity index (χ1) is 17.2. The first kappa shape index (κ1) is 30.8. The van der Waals surface area contributed by atoms with Crippen molar-refractivity contribution in [3.63, 3.8) is 0 Å². The predicted molar refractivity (Wildman–Crippen MR) is 130 cm³/mol. The summed E-state index contributed by atoms with van der Waals surface area (Å²) in [5, 5.41) is 6.94. The van der Waals surface area contributed by atoms with Gasteiger partial charge in [0, 0.05) is 10.9 Å². The van der Waals surface area contributed by atoms with Crippen molar-refractivity contribution in [2.24, 2.45) is 5.73 Å². The Morgan fingerprint density at radius 3 is 2.41 bits per heavy atom. The minimum atomic E-state index is -5.46. The molecular formula is C19H19BrClF3N4O7S2. The number of sulfonamides is 1. The lowest BCUT2D eigenvalue weighted by Crippen LogP contribution is -2.45. The molecule has 2 aromatic rings. The predicted octanol–water partition coefficient (Wildman–Crippen LogP) is 2.87. The van der Waals surface area contributed by atoms with Gasteiger partial charge in [0.15, 0.2) is 0 Å². The number of esters is 2. The van der Waals surface area contributed by atoms with Crippen LogP contribution in [-0.2, 0) is 35.6 Å². The normalized spacial score (nSPS) is 12.6. The molecule has 11 nitrogen and oxygen atoms in total. The van der Waals surface area contributed by atoms with Gasteiger partial charge >= 0.3 is 18.1 Å². The van der Waals surface area contributed by atoms with Crippen LogP contribution in [0.5, 0.6) is 5.75 Å². The molecule has 2 rings (SSSR count). The molecule has 0 saturated heterocycles. The molecule has 0 saturated carbocycles. The van der Waals surface area contributed by atoms with Crippen LogP contribution in [0.3, 0.4) is 0 Å². The van der Waals surface area contributed by atoms with Crippen molar-refractivity contribution in [1.29, 1.82) is 5.41 Å². The molecule has 1 aromatic carbocycles. The van der Waals surface area contributed by atoms with E-state index in [1.165, 1.54) is 24.3 Å². The summed E-state index contributed by atoms with van der Waals surface area (Å²) < 4.78 is 74.5. The highest BCUT2D eigenvalue weighted by atomic mass is 79.9. The molecule has 1 heterocycles.